The molecule has 0 amide bonds. The predicted molar refractivity (Wildman–Crippen MR) is 61.8 cm³/mol. The summed E-state index contributed by atoms with van der Waals surface area (Å²) in [7, 11) is -3.12. The number of alkyl halides is 1. The van der Waals surface area contributed by atoms with Crippen LogP contribution < -0.4 is 4.72 Å². The first-order chi connectivity index (χ1) is 5.98. The standard InChI is InChI=1S/C7H16INO3S/c1-7(2)12-5-6-13(10,11)9-4-3-8/h7,9H,3-6H2,1-2H3. The summed E-state index contributed by atoms with van der Waals surface area (Å²) in [4.78, 5) is 0. The van der Waals surface area contributed by atoms with Gasteiger partial charge in [-0.05, 0) is 13.8 Å². The molecule has 0 heterocycles. The lowest BCUT2D eigenvalue weighted by atomic mass is 10.5. The first kappa shape index (κ1) is 13.6. The van der Waals surface area contributed by atoms with Crippen LogP contribution in [0.5, 0.6) is 0 Å². The highest BCUT2D eigenvalue weighted by molar-refractivity contribution is 14.1. The SMILES string of the molecule is CC(C)OCCS(=O)(=O)NCCI. The topological polar surface area (TPSA) is 55.4 Å². The molecule has 0 spiro atoms. The predicted octanol–water partition coefficient (Wildman–Crippen LogP) is 0.766. The second-order valence-corrected chi connectivity index (χ2v) is 5.83. The number of rotatable bonds is 7. The van der Waals surface area contributed by atoms with Gasteiger partial charge >= 0.3 is 0 Å². The molecule has 0 aliphatic carbocycles. The molecule has 0 aromatic rings. The summed E-state index contributed by atoms with van der Waals surface area (Å²) in [5.41, 5.74) is 0. The van der Waals surface area contributed by atoms with Gasteiger partial charge in [-0.1, -0.05) is 22.6 Å². The molecule has 0 atom stereocenters. The molecule has 0 bridgehead atoms. The van der Waals surface area contributed by atoms with Crippen LogP contribution >= 0.6 is 22.6 Å². The van der Waals surface area contributed by atoms with E-state index in [9.17, 15) is 8.42 Å². The third-order valence-electron chi connectivity index (χ3n) is 1.22. The van der Waals surface area contributed by atoms with Crippen LogP contribution in [0.25, 0.3) is 0 Å². The molecule has 0 aliphatic rings. The zero-order chi connectivity index (χ0) is 10.3. The molecule has 1 N–H and O–H groups in total. The highest BCUT2D eigenvalue weighted by Gasteiger charge is 2.08. The van der Waals surface area contributed by atoms with Crippen LogP contribution in [0, 0.1) is 0 Å². The average Bonchev–Trinajstić information content (AvgIpc) is 2.00. The smallest absolute Gasteiger partial charge is 0.213 e. The van der Waals surface area contributed by atoms with Gasteiger partial charge in [-0.15, -0.1) is 0 Å². The molecule has 0 aromatic carbocycles. The summed E-state index contributed by atoms with van der Waals surface area (Å²) in [5, 5.41) is 0. The molecule has 0 fully saturated rings. The van der Waals surface area contributed by atoms with Crippen LogP contribution in [0.2, 0.25) is 0 Å². The molecule has 0 rings (SSSR count). The molecular weight excluding hydrogens is 305 g/mol. The Morgan fingerprint density at radius 2 is 2.08 bits per heavy atom. The third-order valence-corrected chi connectivity index (χ3v) is 3.11. The fourth-order valence-corrected chi connectivity index (χ4v) is 2.17. The van der Waals surface area contributed by atoms with Gasteiger partial charge in [0.1, 0.15) is 0 Å². The molecular formula is C7H16INO3S. The van der Waals surface area contributed by atoms with E-state index in [1.807, 2.05) is 13.8 Å². The van der Waals surface area contributed by atoms with E-state index in [1.165, 1.54) is 0 Å². The third kappa shape index (κ3) is 8.92. The lowest BCUT2D eigenvalue weighted by Crippen LogP contribution is -2.30. The number of halogens is 1. The van der Waals surface area contributed by atoms with E-state index in [4.69, 9.17) is 4.74 Å². The van der Waals surface area contributed by atoms with Crippen molar-refractivity contribution in [2.45, 2.75) is 20.0 Å². The van der Waals surface area contributed by atoms with Gasteiger partial charge in [0.2, 0.25) is 10.0 Å². The van der Waals surface area contributed by atoms with Crippen molar-refractivity contribution in [2.75, 3.05) is 23.3 Å². The molecule has 4 nitrogen and oxygen atoms in total. The number of nitrogens with one attached hydrogen (secondary N) is 1. The highest BCUT2D eigenvalue weighted by atomic mass is 127. The number of hydrogen-bond donors (Lipinski definition) is 1. The van der Waals surface area contributed by atoms with Gasteiger partial charge in [0.05, 0.1) is 18.5 Å². The zero-order valence-electron chi connectivity index (χ0n) is 7.92. The minimum absolute atomic E-state index is 0.0435. The van der Waals surface area contributed by atoms with Crippen molar-refractivity contribution in [2.24, 2.45) is 0 Å². The van der Waals surface area contributed by atoms with Gasteiger partial charge in [0.15, 0.2) is 0 Å². The molecule has 0 unspecified atom stereocenters. The fraction of sp³-hybridized carbons (Fsp3) is 1.00. The summed E-state index contributed by atoms with van der Waals surface area (Å²) in [5.74, 6) is 0.0435. The second-order valence-electron chi connectivity index (χ2n) is 2.82. The maximum atomic E-state index is 11.2. The van der Waals surface area contributed by atoms with Gasteiger partial charge in [-0.2, -0.15) is 0 Å². The van der Waals surface area contributed by atoms with Gasteiger partial charge in [-0.25, -0.2) is 13.1 Å². The van der Waals surface area contributed by atoms with E-state index in [2.05, 4.69) is 27.3 Å². The Bertz CT molecular complexity index is 216. The van der Waals surface area contributed by atoms with Crippen LogP contribution in [0.15, 0.2) is 0 Å². The lowest BCUT2D eigenvalue weighted by molar-refractivity contribution is 0.0911. The van der Waals surface area contributed by atoms with E-state index in [0.29, 0.717) is 6.54 Å². The lowest BCUT2D eigenvalue weighted by Gasteiger charge is -2.08. The monoisotopic (exact) mass is 321 g/mol. The van der Waals surface area contributed by atoms with Crippen LogP contribution in [0.1, 0.15) is 13.8 Å². The van der Waals surface area contributed by atoms with E-state index < -0.39 is 10.0 Å². The minimum Gasteiger partial charge on any atom is -0.378 e. The van der Waals surface area contributed by atoms with Crippen molar-refractivity contribution in [1.29, 1.82) is 0 Å². The minimum atomic E-state index is -3.12. The Morgan fingerprint density at radius 1 is 1.46 bits per heavy atom. The fourth-order valence-electron chi connectivity index (χ4n) is 0.660. The molecule has 0 aromatic heterocycles. The van der Waals surface area contributed by atoms with Crippen molar-refractivity contribution in [3.63, 3.8) is 0 Å². The zero-order valence-corrected chi connectivity index (χ0v) is 10.9. The van der Waals surface area contributed by atoms with Crippen LogP contribution in [-0.4, -0.2) is 37.9 Å². The second kappa shape index (κ2) is 6.97. The number of ether oxygens (including phenoxy) is 1. The van der Waals surface area contributed by atoms with Gasteiger partial charge in [-0.3, -0.25) is 0 Å². The van der Waals surface area contributed by atoms with E-state index in [-0.39, 0.29) is 18.5 Å². The maximum absolute atomic E-state index is 11.2. The van der Waals surface area contributed by atoms with Crippen LogP contribution in [-0.2, 0) is 14.8 Å². The highest BCUT2D eigenvalue weighted by Crippen LogP contribution is 1.91. The summed E-state index contributed by atoms with van der Waals surface area (Å²) < 4.78 is 30.7. The Kier molecular flexibility index (Phi) is 7.29. The van der Waals surface area contributed by atoms with Gasteiger partial charge in [0, 0.05) is 11.0 Å². The Morgan fingerprint density at radius 3 is 2.54 bits per heavy atom. The Labute approximate surface area is 93.6 Å². The summed E-state index contributed by atoms with van der Waals surface area (Å²) in [6.45, 7) is 4.51. The summed E-state index contributed by atoms with van der Waals surface area (Å²) >= 11 is 2.12. The molecule has 13 heavy (non-hydrogen) atoms. The molecule has 80 valence electrons. The Hall–Kier alpha value is 0.600. The van der Waals surface area contributed by atoms with Crippen LogP contribution in [0.3, 0.4) is 0 Å². The molecule has 0 aliphatic heterocycles. The largest absolute Gasteiger partial charge is 0.378 e. The van der Waals surface area contributed by atoms with Crippen molar-refractivity contribution in [1.82, 2.24) is 4.72 Å². The molecule has 6 heteroatoms. The van der Waals surface area contributed by atoms with E-state index in [1.54, 1.807) is 0 Å². The Balaban J connectivity index is 3.64. The summed E-state index contributed by atoms with van der Waals surface area (Å²) in [6, 6.07) is 0. The molecule has 0 saturated carbocycles. The summed E-state index contributed by atoms with van der Waals surface area (Å²) in [6.07, 6.45) is 0.0831. The number of hydrogen-bond acceptors (Lipinski definition) is 3. The van der Waals surface area contributed by atoms with Gasteiger partial charge in [0.25, 0.3) is 0 Å². The van der Waals surface area contributed by atoms with Crippen LogP contribution in [0.4, 0.5) is 0 Å². The van der Waals surface area contributed by atoms with Gasteiger partial charge < -0.3 is 4.74 Å². The maximum Gasteiger partial charge on any atom is 0.213 e. The van der Waals surface area contributed by atoms with E-state index >= 15 is 0 Å². The first-order valence-corrected chi connectivity index (χ1v) is 7.30. The van der Waals surface area contributed by atoms with Crippen molar-refractivity contribution >= 4 is 32.6 Å². The first-order valence-electron chi connectivity index (χ1n) is 4.13. The number of sulfonamides is 1. The van der Waals surface area contributed by atoms with E-state index in [0.717, 1.165) is 4.43 Å². The molecule has 0 saturated heterocycles. The van der Waals surface area contributed by atoms with Crippen molar-refractivity contribution in [3.8, 4) is 0 Å². The van der Waals surface area contributed by atoms with Crippen molar-refractivity contribution in [3.05, 3.63) is 0 Å². The molecule has 0 radical (unpaired) electrons. The van der Waals surface area contributed by atoms with Crippen molar-refractivity contribution < 1.29 is 13.2 Å². The normalized spacial score (nSPS) is 12.3. The average molecular weight is 321 g/mol. The quantitative estimate of drug-likeness (QED) is 0.557.